The Balaban J connectivity index is 0.000000593. The van der Waals surface area contributed by atoms with Crippen molar-refractivity contribution in [3.05, 3.63) is 64.5 Å². The summed E-state index contributed by atoms with van der Waals surface area (Å²) in [5, 5.41) is 2.48. The third-order valence-electron chi connectivity index (χ3n) is 7.50. The van der Waals surface area contributed by atoms with Gasteiger partial charge in [-0.1, -0.05) is 59.3 Å². The third kappa shape index (κ3) is 12.2. The molecule has 11 heteroatoms. The van der Waals surface area contributed by atoms with E-state index in [2.05, 4.69) is 16.4 Å². The first-order chi connectivity index (χ1) is 19.7. The number of carbonyl (C=O) groups is 2. The molecule has 2 heterocycles. The van der Waals surface area contributed by atoms with Crippen molar-refractivity contribution < 1.29 is 48.9 Å². The average molecular weight is 649 g/mol. The van der Waals surface area contributed by atoms with Crippen molar-refractivity contribution in [2.45, 2.75) is 104 Å². The quantitative estimate of drug-likeness (QED) is 0.265. The predicted molar refractivity (Wildman–Crippen MR) is 153 cm³/mol. The first kappa shape index (κ1) is 38.5. The average Bonchev–Trinajstić information content (AvgIpc) is 3.34. The topological polar surface area (TPSA) is 62.3 Å². The minimum absolute atomic E-state index is 0. The molecule has 43 heavy (non-hydrogen) atoms. The molecule has 2 atom stereocenters. The normalized spacial score (nSPS) is 18.3. The largest absolute Gasteiger partial charge is 0.418 e. The van der Waals surface area contributed by atoms with E-state index >= 15 is 0 Å². The fourth-order valence-electron chi connectivity index (χ4n) is 5.08. The van der Waals surface area contributed by atoms with Gasteiger partial charge in [0.25, 0.3) is 5.92 Å². The van der Waals surface area contributed by atoms with Crippen LogP contribution in [0.25, 0.3) is 0 Å². The van der Waals surface area contributed by atoms with Gasteiger partial charge in [0.1, 0.15) is 0 Å². The van der Waals surface area contributed by atoms with Crippen LogP contribution in [0.2, 0.25) is 0 Å². The summed E-state index contributed by atoms with van der Waals surface area (Å²) >= 11 is 0. The van der Waals surface area contributed by atoms with Crippen LogP contribution in [-0.4, -0.2) is 35.3 Å². The standard InChI is InChI=1S/C22H22F5N2O.C6H12.C4H9NO.Cr/c1-13-5-4-6-15(9-13)20-14(2)7-8-29(20)19(30)11-18-17(22(25,26)27)10-16(12-28-18)21(3,23)24;1-2-4-6-5-3-1;1-3-4(6)5-2;/h4-6,10,12,14,20H,7-8,11H2,1-3H3;1-6H2;3H2,1-2H3,(H,5,6);/q-1;;;. The second-order valence-electron chi connectivity index (χ2n) is 11.0. The number of halogens is 5. The molecule has 2 aromatic rings. The van der Waals surface area contributed by atoms with E-state index in [1.54, 1.807) is 11.9 Å². The molecular weight excluding hydrogens is 605 g/mol. The van der Waals surface area contributed by atoms with Gasteiger partial charge in [-0.2, -0.15) is 43.0 Å². The molecule has 1 saturated heterocycles. The first-order valence-electron chi connectivity index (χ1n) is 14.6. The summed E-state index contributed by atoms with van der Waals surface area (Å²) in [7, 11) is 1.63. The van der Waals surface area contributed by atoms with Crippen molar-refractivity contribution >= 4 is 11.8 Å². The van der Waals surface area contributed by atoms with Crippen LogP contribution < -0.4 is 5.32 Å². The summed E-state index contributed by atoms with van der Waals surface area (Å²) in [6.07, 6.45) is 5.48. The van der Waals surface area contributed by atoms with Crippen molar-refractivity contribution in [2.75, 3.05) is 13.6 Å². The molecule has 0 radical (unpaired) electrons. The Labute approximate surface area is 263 Å². The molecule has 1 aliphatic heterocycles. The summed E-state index contributed by atoms with van der Waals surface area (Å²) in [4.78, 5) is 28.2. The van der Waals surface area contributed by atoms with Crippen LogP contribution in [-0.2, 0) is 45.5 Å². The molecule has 1 aliphatic carbocycles. The molecule has 1 saturated carbocycles. The van der Waals surface area contributed by atoms with Crippen LogP contribution in [0, 0.1) is 18.9 Å². The monoisotopic (exact) mass is 648 g/mol. The van der Waals surface area contributed by atoms with Crippen LogP contribution in [0.4, 0.5) is 22.0 Å². The zero-order valence-electron chi connectivity index (χ0n) is 25.6. The molecular formula is C32H43CrF5N3O2-. The number of nitrogens with zero attached hydrogens (tertiary/aromatic N) is 2. The van der Waals surface area contributed by atoms with E-state index in [1.165, 1.54) is 38.5 Å². The van der Waals surface area contributed by atoms with Gasteiger partial charge in [-0.15, -0.1) is 5.56 Å². The number of alkyl halides is 5. The Hall–Kier alpha value is -2.51. The van der Waals surface area contributed by atoms with Crippen molar-refractivity contribution in [2.24, 2.45) is 5.92 Å². The van der Waals surface area contributed by atoms with Gasteiger partial charge in [-0.05, 0) is 18.4 Å². The third-order valence-corrected chi connectivity index (χ3v) is 7.50. The van der Waals surface area contributed by atoms with Gasteiger partial charge in [0.2, 0.25) is 11.8 Å². The van der Waals surface area contributed by atoms with Gasteiger partial charge in [0.05, 0.1) is 17.7 Å². The van der Waals surface area contributed by atoms with E-state index in [-0.39, 0.29) is 35.2 Å². The fraction of sp³-hybridized carbons (Fsp3) is 0.594. The van der Waals surface area contributed by atoms with Gasteiger partial charge >= 0.3 is 6.18 Å². The minimum atomic E-state index is -4.90. The van der Waals surface area contributed by atoms with Crippen LogP contribution in [0.3, 0.4) is 0 Å². The number of amides is 2. The minimum Gasteiger partial charge on any atom is -0.359 e. The maximum atomic E-state index is 13.5. The van der Waals surface area contributed by atoms with Crippen molar-refractivity contribution in [1.29, 1.82) is 0 Å². The molecule has 1 N–H and O–H groups in total. The molecule has 1 aromatic heterocycles. The Morgan fingerprint density at radius 3 is 2.09 bits per heavy atom. The van der Waals surface area contributed by atoms with Crippen LogP contribution in [0.5, 0.6) is 0 Å². The summed E-state index contributed by atoms with van der Waals surface area (Å²) in [6, 6.07) is 8.87. The number of carbonyl (C=O) groups excluding carboxylic acids is 2. The second kappa shape index (κ2) is 17.7. The number of hydrogen-bond acceptors (Lipinski definition) is 3. The van der Waals surface area contributed by atoms with Gasteiger partial charge < -0.3 is 10.2 Å². The Bertz CT molecular complexity index is 1150. The summed E-state index contributed by atoms with van der Waals surface area (Å²) < 4.78 is 67.4. The second-order valence-corrected chi connectivity index (χ2v) is 11.0. The number of hydrogen-bond donors (Lipinski definition) is 1. The maximum Gasteiger partial charge on any atom is 0.418 e. The molecule has 4 rings (SSSR count). The van der Waals surface area contributed by atoms with E-state index in [0.29, 0.717) is 38.6 Å². The Morgan fingerprint density at radius 1 is 1.07 bits per heavy atom. The van der Waals surface area contributed by atoms with Crippen molar-refractivity contribution in [1.82, 2.24) is 15.2 Å². The van der Waals surface area contributed by atoms with Crippen LogP contribution in [0.15, 0.2) is 30.5 Å². The number of likely N-dealkylation sites (tertiary alicyclic amines) is 1. The molecule has 0 bridgehead atoms. The summed E-state index contributed by atoms with van der Waals surface area (Å²) in [5.41, 5.74) is -0.990. The molecule has 5 nitrogen and oxygen atoms in total. The van der Waals surface area contributed by atoms with Gasteiger partial charge in [-0.25, -0.2) is 8.78 Å². The fourth-order valence-corrected chi connectivity index (χ4v) is 5.08. The van der Waals surface area contributed by atoms with E-state index in [9.17, 15) is 31.5 Å². The van der Waals surface area contributed by atoms with Crippen molar-refractivity contribution in [3.63, 3.8) is 0 Å². The van der Waals surface area contributed by atoms with Gasteiger partial charge in [0.15, 0.2) is 0 Å². The maximum absolute atomic E-state index is 13.5. The molecule has 240 valence electrons. The molecule has 1 aromatic carbocycles. The Kier molecular flexibility index (Phi) is 15.9. The summed E-state index contributed by atoms with van der Waals surface area (Å²) in [5.74, 6) is -3.78. The first-order valence-corrected chi connectivity index (χ1v) is 14.6. The van der Waals surface area contributed by atoms with Crippen LogP contribution in [0.1, 0.15) is 106 Å². The predicted octanol–water partition coefficient (Wildman–Crippen LogP) is 7.95. The molecule has 0 spiro atoms. The number of rotatable bonds is 5. The number of aryl methyl sites for hydroxylation is 1. The number of nitrogens with one attached hydrogen (secondary N) is 1. The molecule has 2 unspecified atom stereocenters. The number of pyridine rings is 1. The number of aromatic nitrogens is 1. The van der Waals surface area contributed by atoms with Gasteiger partial charge in [-0.3, -0.25) is 14.6 Å². The zero-order chi connectivity index (χ0) is 31.5. The zero-order valence-corrected chi connectivity index (χ0v) is 26.9. The smallest absolute Gasteiger partial charge is 0.359 e. The molecule has 2 fully saturated rings. The van der Waals surface area contributed by atoms with Crippen LogP contribution >= 0.6 is 0 Å². The number of benzene rings is 1. The molecule has 2 amide bonds. The van der Waals surface area contributed by atoms with E-state index in [0.717, 1.165) is 11.1 Å². The van der Waals surface area contributed by atoms with Crippen molar-refractivity contribution in [3.8, 4) is 0 Å². The van der Waals surface area contributed by atoms with Gasteiger partial charge in [0, 0.05) is 62.1 Å². The SMILES string of the molecule is C1CCCCC1.CCC(=O)NC.Cc1[c-]c(C2C(C)CCN2C(=O)Cc2ncc(C(C)(F)F)cc2C(F)(F)F)ccc1.[Cr]. The van der Waals surface area contributed by atoms with E-state index in [1.807, 2.05) is 39.0 Å². The van der Waals surface area contributed by atoms with E-state index < -0.39 is 41.2 Å². The molecule has 2 aliphatic rings. The van der Waals surface area contributed by atoms with E-state index in [4.69, 9.17) is 0 Å². The Morgan fingerprint density at radius 2 is 1.65 bits per heavy atom. The summed E-state index contributed by atoms with van der Waals surface area (Å²) in [6.45, 7) is 6.58.